The van der Waals surface area contributed by atoms with Crippen molar-refractivity contribution in [3.05, 3.63) is 77.0 Å². The number of anilines is 2. The number of rotatable bonds is 7. The van der Waals surface area contributed by atoms with Gasteiger partial charge in [0.15, 0.2) is 5.83 Å². The van der Waals surface area contributed by atoms with E-state index in [1.54, 1.807) is 11.9 Å². The highest BCUT2D eigenvalue weighted by atomic mass is 19.1. The van der Waals surface area contributed by atoms with Crippen LogP contribution in [0.5, 0.6) is 6.01 Å². The lowest BCUT2D eigenvalue weighted by Gasteiger charge is -2.41. The molecule has 2 atom stereocenters. The summed E-state index contributed by atoms with van der Waals surface area (Å²) in [6.07, 6.45) is 1.12. The highest BCUT2D eigenvalue weighted by Crippen LogP contribution is 2.36. The van der Waals surface area contributed by atoms with Gasteiger partial charge >= 0.3 is 6.01 Å². The molecule has 2 fully saturated rings. The number of benzene rings is 2. The van der Waals surface area contributed by atoms with Crippen LogP contribution in [0.4, 0.5) is 15.9 Å². The van der Waals surface area contributed by atoms with E-state index in [1.165, 1.54) is 21.2 Å². The normalized spacial score (nSPS) is 20.1. The molecule has 0 spiro atoms. The fraction of sp³-hybridized carbons (Fsp3) is 0.424. The molecule has 1 aromatic heterocycles. The van der Waals surface area contributed by atoms with E-state index in [4.69, 9.17) is 21.3 Å². The molecule has 0 N–H and O–H groups in total. The molecule has 0 aliphatic carbocycles. The number of ether oxygens (including phenoxy) is 1. The van der Waals surface area contributed by atoms with Crippen molar-refractivity contribution < 1.29 is 18.7 Å². The van der Waals surface area contributed by atoms with E-state index in [0.717, 1.165) is 29.3 Å². The minimum Gasteiger partial charge on any atom is -0.463 e. The summed E-state index contributed by atoms with van der Waals surface area (Å²) >= 11 is 0. The van der Waals surface area contributed by atoms with Crippen molar-refractivity contribution in [3.63, 3.8) is 0 Å². The summed E-state index contributed by atoms with van der Waals surface area (Å²) in [6.45, 7) is 16.1. The zero-order valence-electron chi connectivity index (χ0n) is 25.1. The summed E-state index contributed by atoms with van der Waals surface area (Å²) in [5, 5.41) is 2.41. The average Bonchev–Trinajstić information content (AvgIpc) is 3.35. The van der Waals surface area contributed by atoms with Crippen molar-refractivity contribution in [2.45, 2.75) is 32.4 Å². The van der Waals surface area contributed by atoms with Crippen molar-refractivity contribution in [1.82, 2.24) is 19.8 Å². The molecule has 4 heterocycles. The first-order valence-electron chi connectivity index (χ1n) is 15.0. The van der Waals surface area contributed by atoms with Crippen molar-refractivity contribution in [3.8, 4) is 6.01 Å². The number of carbonyl (C=O) groups excluding carboxylic acids is 2. The Morgan fingerprint density at radius 1 is 1.14 bits per heavy atom. The molecule has 2 saturated heterocycles. The highest BCUT2D eigenvalue weighted by Gasteiger charge is 2.36. The number of carbonyl (C=O) groups is 2. The third kappa shape index (κ3) is 5.64. The average molecular weight is 598 g/mol. The molecule has 11 heteroatoms. The van der Waals surface area contributed by atoms with Crippen LogP contribution in [0.1, 0.15) is 23.2 Å². The molecule has 0 radical (unpaired) electrons. The number of amides is 2. The Bertz CT molecular complexity index is 1670. The summed E-state index contributed by atoms with van der Waals surface area (Å²) in [5.41, 5.74) is 4.23. The molecule has 6 rings (SSSR count). The summed E-state index contributed by atoms with van der Waals surface area (Å²) in [4.78, 5) is 45.4. The Hall–Kier alpha value is -4.72. The predicted molar refractivity (Wildman–Crippen MR) is 166 cm³/mol. The maximum Gasteiger partial charge on any atom is 0.318 e. The highest BCUT2D eigenvalue weighted by molar-refractivity contribution is 5.97. The molecule has 1 unspecified atom stereocenters. The molecular weight excluding hydrogens is 561 g/mol. The van der Waals surface area contributed by atoms with Gasteiger partial charge in [-0.25, -0.2) is 11.0 Å². The first kappa shape index (κ1) is 29.4. The minimum absolute atomic E-state index is 0.0452. The molecule has 44 heavy (non-hydrogen) atoms. The quantitative estimate of drug-likeness (QED) is 0.303. The number of nitrogens with zero attached hydrogens (tertiary/aromatic N) is 7. The number of fused-ring (bicyclic) bond motifs is 2. The van der Waals surface area contributed by atoms with Crippen LogP contribution < -0.4 is 14.5 Å². The molecule has 228 valence electrons. The van der Waals surface area contributed by atoms with Crippen LogP contribution in [0.25, 0.3) is 15.6 Å². The standard InChI is InChI=1S/C33H36FN7O3/c1-21-7-5-8-24-9-6-10-28(30(21)24)39-12-11-26-27(19-39)36-33(44-20-23-15-29(42)38(4)17-23)37-31(26)40-13-14-41(32(43)22(2)34)25(18-40)16-35-3/h5-10,23,25H,2,11-20H2,1,4H3/t23?,25-/m0/s1. The van der Waals surface area contributed by atoms with E-state index < -0.39 is 17.8 Å². The van der Waals surface area contributed by atoms with Crippen LogP contribution in [0, 0.1) is 19.4 Å². The lowest BCUT2D eigenvalue weighted by Crippen LogP contribution is -2.57. The second-order valence-corrected chi connectivity index (χ2v) is 11.9. The third-order valence-electron chi connectivity index (χ3n) is 8.90. The lowest BCUT2D eigenvalue weighted by atomic mass is 9.99. The molecule has 0 bridgehead atoms. The number of piperazine rings is 1. The molecule has 2 amide bonds. The van der Waals surface area contributed by atoms with Gasteiger partial charge in [-0.05, 0) is 30.4 Å². The molecular formula is C33H36FN7O3. The van der Waals surface area contributed by atoms with E-state index in [0.29, 0.717) is 45.6 Å². The third-order valence-corrected chi connectivity index (χ3v) is 8.90. The Labute approximate surface area is 256 Å². The smallest absolute Gasteiger partial charge is 0.318 e. The van der Waals surface area contributed by atoms with Gasteiger partial charge in [-0.2, -0.15) is 9.97 Å². The van der Waals surface area contributed by atoms with E-state index in [2.05, 4.69) is 64.5 Å². The van der Waals surface area contributed by atoms with Gasteiger partial charge in [0.2, 0.25) is 12.5 Å². The zero-order valence-corrected chi connectivity index (χ0v) is 25.1. The van der Waals surface area contributed by atoms with Gasteiger partial charge < -0.3 is 29.2 Å². The fourth-order valence-electron chi connectivity index (χ4n) is 6.68. The van der Waals surface area contributed by atoms with E-state index in [9.17, 15) is 14.0 Å². The van der Waals surface area contributed by atoms with Crippen LogP contribution in [-0.4, -0.2) is 90.5 Å². The second kappa shape index (κ2) is 12.1. The van der Waals surface area contributed by atoms with E-state index in [1.807, 2.05) is 0 Å². The molecule has 3 aromatic rings. The minimum atomic E-state index is -1.02. The van der Waals surface area contributed by atoms with Gasteiger partial charge in [-0.3, -0.25) is 9.59 Å². The van der Waals surface area contributed by atoms with Crippen molar-refractivity contribution in [2.75, 3.05) is 62.7 Å². The maximum absolute atomic E-state index is 13.8. The van der Waals surface area contributed by atoms with Crippen LogP contribution >= 0.6 is 0 Å². The number of likely N-dealkylation sites (tertiary alicyclic amines) is 1. The van der Waals surface area contributed by atoms with Crippen molar-refractivity contribution in [1.29, 1.82) is 0 Å². The monoisotopic (exact) mass is 597 g/mol. The van der Waals surface area contributed by atoms with Gasteiger partial charge in [-0.1, -0.05) is 36.9 Å². The Morgan fingerprint density at radius 3 is 2.66 bits per heavy atom. The zero-order chi connectivity index (χ0) is 31.0. The summed E-state index contributed by atoms with van der Waals surface area (Å²) in [5.74, 6) is -0.926. The number of hydrogen-bond donors (Lipinski definition) is 0. The van der Waals surface area contributed by atoms with Crippen LogP contribution in [0.3, 0.4) is 0 Å². The molecule has 2 aromatic carbocycles. The Kier molecular flexibility index (Phi) is 8.08. The summed E-state index contributed by atoms with van der Waals surface area (Å²) < 4.78 is 20.0. The number of hydrogen-bond acceptors (Lipinski definition) is 7. The van der Waals surface area contributed by atoms with Gasteiger partial charge in [0.25, 0.3) is 5.91 Å². The Morgan fingerprint density at radius 2 is 1.93 bits per heavy atom. The lowest BCUT2D eigenvalue weighted by molar-refractivity contribution is -0.131. The van der Waals surface area contributed by atoms with E-state index >= 15 is 0 Å². The van der Waals surface area contributed by atoms with E-state index in [-0.39, 0.29) is 30.9 Å². The van der Waals surface area contributed by atoms with Crippen LogP contribution in [0.2, 0.25) is 0 Å². The van der Waals surface area contributed by atoms with Gasteiger partial charge in [0, 0.05) is 68.7 Å². The van der Waals surface area contributed by atoms with Crippen molar-refractivity contribution >= 4 is 34.1 Å². The second-order valence-electron chi connectivity index (χ2n) is 11.9. The number of aryl methyl sites for hydroxylation is 1. The summed E-state index contributed by atoms with van der Waals surface area (Å²) in [7, 11) is 1.79. The van der Waals surface area contributed by atoms with Crippen molar-refractivity contribution in [2.24, 2.45) is 5.92 Å². The SMILES string of the molecule is [C-]#[N+]C[C@H]1CN(c2nc(OCC3CC(=O)N(C)C3)nc3c2CCN(c2cccc4cccc(C)c24)C3)CCN1C(=O)C(=C)F. The van der Waals surface area contributed by atoms with Gasteiger partial charge in [0.05, 0.1) is 18.8 Å². The predicted octanol–water partition coefficient (Wildman–Crippen LogP) is 3.78. The first-order valence-corrected chi connectivity index (χ1v) is 15.0. The fourth-order valence-corrected chi connectivity index (χ4v) is 6.68. The van der Waals surface area contributed by atoms with Gasteiger partial charge in [-0.15, -0.1) is 0 Å². The topological polar surface area (TPSA) is 86.5 Å². The summed E-state index contributed by atoms with van der Waals surface area (Å²) in [6, 6.07) is 12.4. The largest absolute Gasteiger partial charge is 0.463 e. The molecule has 3 aliphatic heterocycles. The molecule has 3 aliphatic rings. The number of halogens is 1. The molecule has 0 saturated carbocycles. The van der Waals surface area contributed by atoms with Crippen LogP contribution in [-0.2, 0) is 22.6 Å². The maximum atomic E-state index is 13.8. The first-order chi connectivity index (χ1) is 21.2. The number of aromatic nitrogens is 2. The molecule has 10 nitrogen and oxygen atoms in total. The Balaban J connectivity index is 1.33. The van der Waals surface area contributed by atoms with Gasteiger partial charge in [0.1, 0.15) is 11.9 Å². The van der Waals surface area contributed by atoms with Crippen LogP contribution in [0.15, 0.2) is 48.8 Å².